The number of nitrogens with one attached hydrogen (secondary N) is 1. The highest BCUT2D eigenvalue weighted by molar-refractivity contribution is 4.77. The minimum Gasteiger partial charge on any atom is -0.330 e. The molecule has 0 saturated heterocycles. The monoisotopic (exact) mass is 172 g/mol. The molecule has 0 heterocycles. The molecule has 0 bridgehead atoms. The van der Waals surface area contributed by atoms with Crippen molar-refractivity contribution in [1.29, 1.82) is 0 Å². The lowest BCUT2D eigenvalue weighted by atomic mass is 9.84. The van der Waals surface area contributed by atoms with E-state index in [9.17, 15) is 0 Å². The number of hydrogen-bond donors (Lipinski definition) is 2. The molecule has 0 saturated carbocycles. The summed E-state index contributed by atoms with van der Waals surface area (Å²) in [4.78, 5) is 0. The molecule has 0 rings (SSSR count). The molecule has 0 aliphatic rings. The van der Waals surface area contributed by atoms with Gasteiger partial charge in [-0.15, -0.1) is 0 Å². The Morgan fingerprint density at radius 2 is 2.00 bits per heavy atom. The Balaban J connectivity index is 3.83. The van der Waals surface area contributed by atoms with Crippen LogP contribution >= 0.6 is 0 Å². The van der Waals surface area contributed by atoms with Crippen molar-refractivity contribution in [2.24, 2.45) is 11.1 Å². The lowest BCUT2D eigenvalue weighted by Crippen LogP contribution is -2.34. The van der Waals surface area contributed by atoms with Gasteiger partial charge in [-0.05, 0) is 31.8 Å². The predicted octanol–water partition coefficient (Wildman–Crippen LogP) is 1.75. The van der Waals surface area contributed by atoms with Crippen molar-refractivity contribution in [3.05, 3.63) is 0 Å². The van der Waals surface area contributed by atoms with Crippen molar-refractivity contribution >= 4 is 0 Å². The van der Waals surface area contributed by atoms with Crippen molar-refractivity contribution in [2.75, 3.05) is 13.6 Å². The molecule has 0 aliphatic heterocycles. The molecule has 0 aromatic rings. The molecular weight excluding hydrogens is 148 g/mol. The summed E-state index contributed by atoms with van der Waals surface area (Å²) in [6, 6.07) is 0.633. The maximum absolute atomic E-state index is 5.68. The lowest BCUT2D eigenvalue weighted by molar-refractivity contribution is 0.287. The normalized spacial score (nSPS) is 14.8. The van der Waals surface area contributed by atoms with E-state index in [0.717, 1.165) is 6.54 Å². The van der Waals surface area contributed by atoms with Crippen LogP contribution in [-0.2, 0) is 0 Å². The smallest absolute Gasteiger partial charge is 0.00695 e. The molecule has 0 fully saturated rings. The zero-order valence-corrected chi connectivity index (χ0v) is 8.98. The number of nitrogens with two attached hydrogens (primary N) is 1. The van der Waals surface area contributed by atoms with Gasteiger partial charge in [0.1, 0.15) is 0 Å². The highest BCUT2D eigenvalue weighted by atomic mass is 14.9. The standard InChI is InChI=1S/C10H24N2/c1-5-6-9(12-4)7-10(2,3)8-11/h9,12H,5-8,11H2,1-4H3. The maximum atomic E-state index is 5.68. The Hall–Kier alpha value is -0.0800. The van der Waals surface area contributed by atoms with Crippen molar-refractivity contribution < 1.29 is 0 Å². The maximum Gasteiger partial charge on any atom is 0.00695 e. The molecule has 1 unspecified atom stereocenters. The van der Waals surface area contributed by atoms with Crippen LogP contribution in [0.3, 0.4) is 0 Å². The summed E-state index contributed by atoms with van der Waals surface area (Å²) >= 11 is 0. The molecular formula is C10H24N2. The van der Waals surface area contributed by atoms with Crippen LogP contribution in [-0.4, -0.2) is 19.6 Å². The summed E-state index contributed by atoms with van der Waals surface area (Å²) in [5.74, 6) is 0. The molecule has 0 radical (unpaired) electrons. The first-order valence-corrected chi connectivity index (χ1v) is 4.93. The second-order valence-electron chi connectivity index (χ2n) is 4.35. The van der Waals surface area contributed by atoms with E-state index in [1.165, 1.54) is 19.3 Å². The Morgan fingerprint density at radius 3 is 2.33 bits per heavy atom. The second kappa shape index (κ2) is 5.55. The second-order valence-corrected chi connectivity index (χ2v) is 4.35. The van der Waals surface area contributed by atoms with E-state index in [4.69, 9.17) is 5.73 Å². The van der Waals surface area contributed by atoms with Gasteiger partial charge in [-0.1, -0.05) is 27.2 Å². The largest absolute Gasteiger partial charge is 0.330 e. The van der Waals surface area contributed by atoms with Gasteiger partial charge in [-0.25, -0.2) is 0 Å². The Labute approximate surface area is 76.9 Å². The third kappa shape index (κ3) is 4.73. The van der Waals surface area contributed by atoms with Crippen LogP contribution in [0.25, 0.3) is 0 Å². The molecule has 3 N–H and O–H groups in total. The molecule has 12 heavy (non-hydrogen) atoms. The molecule has 0 spiro atoms. The molecule has 0 aliphatic carbocycles. The minimum atomic E-state index is 0.281. The van der Waals surface area contributed by atoms with Crippen molar-refractivity contribution in [2.45, 2.75) is 46.1 Å². The predicted molar refractivity (Wildman–Crippen MR) is 55.2 cm³/mol. The summed E-state index contributed by atoms with van der Waals surface area (Å²) in [6.07, 6.45) is 3.67. The van der Waals surface area contributed by atoms with E-state index in [0.29, 0.717) is 6.04 Å². The zero-order valence-electron chi connectivity index (χ0n) is 8.98. The Morgan fingerprint density at radius 1 is 1.42 bits per heavy atom. The van der Waals surface area contributed by atoms with Crippen molar-refractivity contribution in [3.63, 3.8) is 0 Å². The molecule has 1 atom stereocenters. The quantitative estimate of drug-likeness (QED) is 0.640. The third-order valence-electron chi connectivity index (χ3n) is 2.40. The van der Waals surface area contributed by atoms with Gasteiger partial charge in [-0.2, -0.15) is 0 Å². The molecule has 2 nitrogen and oxygen atoms in total. The lowest BCUT2D eigenvalue weighted by Gasteiger charge is -2.28. The van der Waals surface area contributed by atoms with Crippen molar-refractivity contribution in [3.8, 4) is 0 Å². The van der Waals surface area contributed by atoms with Crippen LogP contribution in [0, 0.1) is 5.41 Å². The summed E-state index contributed by atoms with van der Waals surface area (Å²) in [5.41, 5.74) is 5.96. The van der Waals surface area contributed by atoms with Gasteiger partial charge in [0.05, 0.1) is 0 Å². The molecule has 0 aromatic heterocycles. The molecule has 2 heteroatoms. The van der Waals surface area contributed by atoms with Crippen LogP contribution in [0.4, 0.5) is 0 Å². The zero-order chi connectivity index (χ0) is 9.61. The SMILES string of the molecule is CCCC(CC(C)(C)CN)NC. The van der Waals surface area contributed by atoms with E-state index < -0.39 is 0 Å². The van der Waals surface area contributed by atoms with E-state index in [1.54, 1.807) is 0 Å². The van der Waals surface area contributed by atoms with E-state index in [1.807, 2.05) is 7.05 Å². The van der Waals surface area contributed by atoms with Crippen LogP contribution in [0.2, 0.25) is 0 Å². The first-order chi connectivity index (χ1) is 5.55. The summed E-state index contributed by atoms with van der Waals surface area (Å²) in [6.45, 7) is 7.45. The van der Waals surface area contributed by atoms with Gasteiger partial charge >= 0.3 is 0 Å². The van der Waals surface area contributed by atoms with E-state index in [-0.39, 0.29) is 5.41 Å². The topological polar surface area (TPSA) is 38.0 Å². The van der Waals surface area contributed by atoms with Gasteiger partial charge < -0.3 is 11.1 Å². The Kier molecular flexibility index (Phi) is 5.51. The van der Waals surface area contributed by atoms with Gasteiger partial charge in [0.15, 0.2) is 0 Å². The molecule has 0 amide bonds. The third-order valence-corrected chi connectivity index (χ3v) is 2.40. The van der Waals surface area contributed by atoms with E-state index >= 15 is 0 Å². The van der Waals surface area contributed by atoms with Crippen LogP contribution in [0.15, 0.2) is 0 Å². The minimum absolute atomic E-state index is 0.281. The van der Waals surface area contributed by atoms with Gasteiger partial charge in [-0.3, -0.25) is 0 Å². The summed E-state index contributed by atoms with van der Waals surface area (Å²) < 4.78 is 0. The number of rotatable bonds is 6. The first-order valence-electron chi connectivity index (χ1n) is 4.93. The van der Waals surface area contributed by atoms with Crippen LogP contribution < -0.4 is 11.1 Å². The van der Waals surface area contributed by atoms with Crippen LogP contribution in [0.1, 0.15) is 40.0 Å². The van der Waals surface area contributed by atoms with Gasteiger partial charge in [0, 0.05) is 6.04 Å². The fraction of sp³-hybridized carbons (Fsp3) is 1.00. The summed E-state index contributed by atoms with van der Waals surface area (Å²) in [5, 5.41) is 3.34. The van der Waals surface area contributed by atoms with Crippen LogP contribution in [0.5, 0.6) is 0 Å². The molecule has 74 valence electrons. The van der Waals surface area contributed by atoms with E-state index in [2.05, 4.69) is 26.1 Å². The highest BCUT2D eigenvalue weighted by Crippen LogP contribution is 2.21. The van der Waals surface area contributed by atoms with Gasteiger partial charge in [0.2, 0.25) is 0 Å². The first kappa shape index (κ1) is 11.9. The summed E-state index contributed by atoms with van der Waals surface area (Å²) in [7, 11) is 2.03. The fourth-order valence-electron chi connectivity index (χ4n) is 1.45. The van der Waals surface area contributed by atoms with Crippen molar-refractivity contribution in [1.82, 2.24) is 5.32 Å². The molecule has 0 aromatic carbocycles. The average molecular weight is 172 g/mol. The fourth-order valence-corrected chi connectivity index (χ4v) is 1.45. The highest BCUT2D eigenvalue weighted by Gasteiger charge is 2.20. The Bertz CT molecular complexity index is 110. The number of hydrogen-bond acceptors (Lipinski definition) is 2. The average Bonchev–Trinajstić information content (AvgIpc) is 2.03. The van der Waals surface area contributed by atoms with Gasteiger partial charge in [0.25, 0.3) is 0 Å².